The summed E-state index contributed by atoms with van der Waals surface area (Å²) < 4.78 is 0. The van der Waals surface area contributed by atoms with Crippen LogP contribution in [-0.2, 0) is 4.79 Å². The summed E-state index contributed by atoms with van der Waals surface area (Å²) in [5.74, 6) is 0.178. The van der Waals surface area contributed by atoms with Gasteiger partial charge in [-0.3, -0.25) is 4.79 Å². The highest BCUT2D eigenvalue weighted by atomic mass is 16.2. The van der Waals surface area contributed by atoms with E-state index in [1.165, 1.54) is 19.3 Å². The van der Waals surface area contributed by atoms with Gasteiger partial charge in [0.2, 0.25) is 5.91 Å². The van der Waals surface area contributed by atoms with E-state index in [9.17, 15) is 4.79 Å². The third-order valence-corrected chi connectivity index (χ3v) is 4.88. The summed E-state index contributed by atoms with van der Waals surface area (Å²) in [5.41, 5.74) is 6.15. The van der Waals surface area contributed by atoms with Gasteiger partial charge in [-0.1, -0.05) is 13.3 Å². The molecular formula is C13H24N2O. The highest BCUT2D eigenvalue weighted by Gasteiger charge is 2.45. The van der Waals surface area contributed by atoms with E-state index in [0.29, 0.717) is 5.41 Å². The Hall–Kier alpha value is -0.570. The van der Waals surface area contributed by atoms with Crippen molar-refractivity contribution in [1.29, 1.82) is 0 Å². The molecule has 2 atom stereocenters. The molecule has 3 nitrogen and oxygen atoms in total. The Morgan fingerprint density at radius 2 is 2.12 bits per heavy atom. The van der Waals surface area contributed by atoms with E-state index < -0.39 is 0 Å². The molecule has 1 amide bonds. The van der Waals surface area contributed by atoms with Gasteiger partial charge in [-0.2, -0.15) is 0 Å². The summed E-state index contributed by atoms with van der Waals surface area (Å²) in [6, 6.07) is 0.0456. The van der Waals surface area contributed by atoms with Gasteiger partial charge in [0.15, 0.2) is 0 Å². The summed E-state index contributed by atoms with van der Waals surface area (Å²) in [6.45, 7) is 5.08. The van der Waals surface area contributed by atoms with Crippen molar-refractivity contribution in [3.05, 3.63) is 0 Å². The van der Waals surface area contributed by atoms with Crippen molar-refractivity contribution in [1.82, 2.24) is 5.32 Å². The molecule has 0 aromatic heterocycles. The fraction of sp³-hybridized carbons (Fsp3) is 0.923. The Labute approximate surface area is 98.2 Å². The van der Waals surface area contributed by atoms with Gasteiger partial charge < -0.3 is 11.1 Å². The van der Waals surface area contributed by atoms with Gasteiger partial charge in [-0.15, -0.1) is 0 Å². The zero-order chi connectivity index (χ0) is 11.8. The average Bonchev–Trinajstić information content (AvgIpc) is 2.98. The first kappa shape index (κ1) is 11.9. The average molecular weight is 224 g/mol. The first-order valence-electron chi connectivity index (χ1n) is 6.56. The molecule has 2 rings (SSSR count). The lowest BCUT2D eigenvalue weighted by molar-refractivity contribution is -0.130. The minimum absolute atomic E-state index is 0.0456. The number of hydrogen-bond donors (Lipinski definition) is 2. The first-order chi connectivity index (χ1) is 7.52. The molecule has 3 heteroatoms. The minimum atomic E-state index is -0.316. The Morgan fingerprint density at radius 3 is 2.56 bits per heavy atom. The summed E-state index contributed by atoms with van der Waals surface area (Å²) >= 11 is 0. The van der Waals surface area contributed by atoms with Gasteiger partial charge in [-0.05, 0) is 44.4 Å². The van der Waals surface area contributed by atoms with Crippen LogP contribution in [0.2, 0.25) is 0 Å². The molecule has 0 saturated heterocycles. The molecule has 92 valence electrons. The van der Waals surface area contributed by atoms with E-state index in [1.807, 2.05) is 6.92 Å². The molecule has 2 saturated carbocycles. The first-order valence-corrected chi connectivity index (χ1v) is 6.56. The Morgan fingerprint density at radius 1 is 1.44 bits per heavy atom. The van der Waals surface area contributed by atoms with Crippen molar-refractivity contribution in [2.45, 2.75) is 58.4 Å². The van der Waals surface area contributed by atoms with E-state index >= 15 is 0 Å². The predicted octanol–water partition coefficient (Wildman–Crippen LogP) is 1.81. The van der Waals surface area contributed by atoms with Crippen LogP contribution in [0.25, 0.3) is 0 Å². The van der Waals surface area contributed by atoms with Crippen molar-refractivity contribution >= 4 is 5.91 Å². The van der Waals surface area contributed by atoms with E-state index in [1.54, 1.807) is 0 Å². The molecule has 0 aromatic carbocycles. The van der Waals surface area contributed by atoms with Crippen LogP contribution in [-0.4, -0.2) is 18.5 Å². The largest absolute Gasteiger partial charge is 0.355 e. The molecule has 2 aliphatic rings. The van der Waals surface area contributed by atoms with E-state index in [0.717, 1.165) is 25.8 Å². The molecule has 0 bridgehead atoms. The van der Waals surface area contributed by atoms with Crippen LogP contribution in [0.1, 0.15) is 52.4 Å². The number of amides is 1. The number of hydrogen-bond acceptors (Lipinski definition) is 2. The van der Waals surface area contributed by atoms with Crippen LogP contribution in [0.4, 0.5) is 0 Å². The highest BCUT2D eigenvalue weighted by Crippen LogP contribution is 2.48. The van der Waals surface area contributed by atoms with Crippen LogP contribution in [0.5, 0.6) is 0 Å². The van der Waals surface area contributed by atoms with Crippen molar-refractivity contribution in [2.24, 2.45) is 16.6 Å². The smallest absolute Gasteiger partial charge is 0.227 e. The molecule has 3 N–H and O–H groups in total. The Balaban J connectivity index is 1.88. The quantitative estimate of drug-likeness (QED) is 0.765. The lowest BCUT2D eigenvalue weighted by atomic mass is 9.84. The van der Waals surface area contributed by atoms with Crippen LogP contribution < -0.4 is 11.1 Å². The second-order valence-corrected chi connectivity index (χ2v) is 5.95. The van der Waals surface area contributed by atoms with Crippen LogP contribution >= 0.6 is 0 Å². The summed E-state index contributed by atoms with van der Waals surface area (Å²) in [7, 11) is 0. The summed E-state index contributed by atoms with van der Waals surface area (Å²) in [5, 5.41) is 3.13. The molecule has 2 aliphatic carbocycles. The van der Waals surface area contributed by atoms with E-state index in [4.69, 9.17) is 5.73 Å². The van der Waals surface area contributed by atoms with Crippen molar-refractivity contribution in [3.63, 3.8) is 0 Å². The number of nitrogens with two attached hydrogens (primary N) is 1. The van der Waals surface area contributed by atoms with Crippen LogP contribution in [0, 0.1) is 10.8 Å². The third kappa shape index (κ3) is 1.97. The predicted molar refractivity (Wildman–Crippen MR) is 64.9 cm³/mol. The monoisotopic (exact) mass is 224 g/mol. The highest BCUT2D eigenvalue weighted by molar-refractivity contribution is 5.83. The minimum Gasteiger partial charge on any atom is -0.355 e. The van der Waals surface area contributed by atoms with Crippen molar-refractivity contribution in [3.8, 4) is 0 Å². The van der Waals surface area contributed by atoms with Gasteiger partial charge in [0.1, 0.15) is 0 Å². The number of nitrogens with one attached hydrogen (secondary N) is 1. The molecule has 16 heavy (non-hydrogen) atoms. The molecule has 2 fully saturated rings. The fourth-order valence-corrected chi connectivity index (χ4v) is 2.78. The fourth-order valence-electron chi connectivity index (χ4n) is 2.78. The van der Waals surface area contributed by atoms with Crippen LogP contribution in [0.15, 0.2) is 0 Å². The van der Waals surface area contributed by atoms with Gasteiger partial charge in [0.05, 0.1) is 5.41 Å². The van der Waals surface area contributed by atoms with Crippen molar-refractivity contribution in [2.75, 3.05) is 6.54 Å². The third-order valence-electron chi connectivity index (χ3n) is 4.88. The molecule has 0 heterocycles. The number of carbonyl (C=O) groups excluding carboxylic acids is 1. The maximum atomic E-state index is 12.2. The van der Waals surface area contributed by atoms with Gasteiger partial charge >= 0.3 is 0 Å². The number of rotatable bonds is 4. The molecule has 0 aliphatic heterocycles. The van der Waals surface area contributed by atoms with Gasteiger partial charge in [0, 0.05) is 12.6 Å². The molecule has 0 radical (unpaired) electrons. The van der Waals surface area contributed by atoms with E-state index in [-0.39, 0.29) is 17.4 Å². The Bertz CT molecular complexity index is 286. The molecular weight excluding hydrogens is 200 g/mol. The lowest BCUT2D eigenvalue weighted by Crippen LogP contribution is -2.48. The van der Waals surface area contributed by atoms with E-state index in [2.05, 4.69) is 12.2 Å². The molecule has 2 unspecified atom stereocenters. The SMILES string of the molecule is CCC1(CNC(=O)C2(C)CCCC2N)CC1. The zero-order valence-corrected chi connectivity index (χ0v) is 10.5. The van der Waals surface area contributed by atoms with Gasteiger partial charge in [0.25, 0.3) is 0 Å². The van der Waals surface area contributed by atoms with Crippen molar-refractivity contribution < 1.29 is 4.79 Å². The maximum absolute atomic E-state index is 12.2. The summed E-state index contributed by atoms with van der Waals surface area (Å²) in [4.78, 5) is 12.2. The Kier molecular flexibility index (Phi) is 2.99. The second kappa shape index (κ2) is 4.02. The van der Waals surface area contributed by atoms with Crippen LogP contribution in [0.3, 0.4) is 0 Å². The van der Waals surface area contributed by atoms with Gasteiger partial charge in [-0.25, -0.2) is 0 Å². The summed E-state index contributed by atoms with van der Waals surface area (Å²) in [6.07, 6.45) is 6.74. The second-order valence-electron chi connectivity index (χ2n) is 5.95. The maximum Gasteiger partial charge on any atom is 0.227 e. The molecule has 0 aromatic rings. The topological polar surface area (TPSA) is 55.1 Å². The molecule has 0 spiro atoms. The zero-order valence-electron chi connectivity index (χ0n) is 10.5. The number of carbonyl (C=O) groups is 1. The standard InChI is InChI=1S/C13H24N2O/c1-3-13(7-8-13)9-15-11(16)12(2)6-4-5-10(12)14/h10H,3-9,14H2,1-2H3,(H,15,16). The lowest BCUT2D eigenvalue weighted by Gasteiger charge is -2.28. The normalized spacial score (nSPS) is 36.1.